The summed E-state index contributed by atoms with van der Waals surface area (Å²) < 4.78 is 5.89. The fourth-order valence-electron chi connectivity index (χ4n) is 2.27. The Balaban J connectivity index is 2.61. The number of rotatable bonds is 0. The van der Waals surface area contributed by atoms with Crippen LogP contribution in [0.25, 0.3) is 21.9 Å². The molecule has 0 spiro atoms. The zero-order valence-corrected chi connectivity index (χ0v) is 10.7. The van der Waals surface area contributed by atoms with Gasteiger partial charge in [0.2, 0.25) is 5.43 Å². The topological polar surface area (TPSA) is 30.2 Å². The van der Waals surface area contributed by atoms with E-state index in [4.69, 9.17) is 4.42 Å². The first kappa shape index (κ1) is 11.0. The summed E-state index contributed by atoms with van der Waals surface area (Å²) in [6.45, 7) is 5.98. The van der Waals surface area contributed by atoms with Crippen LogP contribution in [0.15, 0.2) is 39.5 Å². The molecule has 1 heterocycles. The summed E-state index contributed by atoms with van der Waals surface area (Å²) in [4.78, 5) is 12.4. The molecule has 0 amide bonds. The van der Waals surface area contributed by atoms with E-state index in [2.05, 4.69) is 0 Å². The van der Waals surface area contributed by atoms with E-state index in [1.54, 1.807) is 0 Å². The molecular formula is C16H14O2. The van der Waals surface area contributed by atoms with Crippen LogP contribution in [0.2, 0.25) is 0 Å². The molecule has 0 aliphatic heterocycles. The van der Waals surface area contributed by atoms with Crippen molar-refractivity contribution in [2.45, 2.75) is 20.8 Å². The first-order valence-corrected chi connectivity index (χ1v) is 6.01. The standard InChI is InChI=1S/C16H14O2/c1-9-4-7-14-13(8-9)15(17)12-6-5-10(2)11(3)16(12)18-14/h4-8H,1-3H3. The van der Waals surface area contributed by atoms with Gasteiger partial charge in [-0.05, 0) is 50.1 Å². The minimum absolute atomic E-state index is 0.0538. The zero-order valence-electron chi connectivity index (χ0n) is 10.7. The van der Waals surface area contributed by atoms with Crippen LogP contribution < -0.4 is 5.43 Å². The Morgan fingerprint density at radius 3 is 2.50 bits per heavy atom. The zero-order chi connectivity index (χ0) is 12.9. The van der Waals surface area contributed by atoms with E-state index in [-0.39, 0.29) is 5.43 Å². The molecule has 90 valence electrons. The molecule has 0 N–H and O–H groups in total. The summed E-state index contributed by atoms with van der Waals surface area (Å²) in [6, 6.07) is 9.53. The van der Waals surface area contributed by atoms with Crippen molar-refractivity contribution >= 4 is 21.9 Å². The van der Waals surface area contributed by atoms with Crippen molar-refractivity contribution < 1.29 is 4.42 Å². The van der Waals surface area contributed by atoms with Gasteiger partial charge in [0.25, 0.3) is 0 Å². The van der Waals surface area contributed by atoms with Crippen LogP contribution in [0.5, 0.6) is 0 Å². The Morgan fingerprint density at radius 1 is 0.944 bits per heavy atom. The molecule has 2 aromatic carbocycles. The van der Waals surface area contributed by atoms with Gasteiger partial charge >= 0.3 is 0 Å². The van der Waals surface area contributed by atoms with Gasteiger partial charge in [0.1, 0.15) is 11.2 Å². The predicted molar refractivity (Wildman–Crippen MR) is 74.2 cm³/mol. The summed E-state index contributed by atoms with van der Waals surface area (Å²) in [5.74, 6) is 0. The summed E-state index contributed by atoms with van der Waals surface area (Å²) in [6.07, 6.45) is 0. The first-order chi connectivity index (χ1) is 8.58. The molecule has 0 aliphatic carbocycles. The van der Waals surface area contributed by atoms with Gasteiger partial charge in [-0.25, -0.2) is 0 Å². The third-order valence-corrected chi connectivity index (χ3v) is 3.51. The third-order valence-electron chi connectivity index (χ3n) is 3.51. The van der Waals surface area contributed by atoms with Crippen LogP contribution in [0.3, 0.4) is 0 Å². The van der Waals surface area contributed by atoms with E-state index in [1.165, 1.54) is 0 Å². The van der Waals surface area contributed by atoms with Gasteiger partial charge in [-0.3, -0.25) is 4.79 Å². The summed E-state index contributed by atoms with van der Waals surface area (Å²) >= 11 is 0. The van der Waals surface area contributed by atoms with E-state index < -0.39 is 0 Å². The fourth-order valence-corrected chi connectivity index (χ4v) is 2.27. The molecule has 18 heavy (non-hydrogen) atoms. The molecule has 0 atom stereocenters. The Hall–Kier alpha value is -2.09. The molecule has 0 saturated heterocycles. The van der Waals surface area contributed by atoms with Crippen molar-refractivity contribution in [2.75, 3.05) is 0 Å². The van der Waals surface area contributed by atoms with Gasteiger partial charge in [-0.1, -0.05) is 17.7 Å². The van der Waals surface area contributed by atoms with Crippen molar-refractivity contribution in [3.8, 4) is 0 Å². The average Bonchev–Trinajstić information content (AvgIpc) is 2.36. The number of fused-ring (bicyclic) bond motifs is 2. The molecule has 0 unspecified atom stereocenters. The number of aryl methyl sites for hydroxylation is 3. The third kappa shape index (κ3) is 1.46. The lowest BCUT2D eigenvalue weighted by atomic mass is 10.0. The van der Waals surface area contributed by atoms with E-state index in [1.807, 2.05) is 51.1 Å². The minimum Gasteiger partial charge on any atom is -0.456 e. The van der Waals surface area contributed by atoms with Crippen LogP contribution in [0.4, 0.5) is 0 Å². The maximum Gasteiger partial charge on any atom is 0.200 e. The molecule has 0 saturated carbocycles. The second kappa shape index (κ2) is 3.70. The molecule has 3 rings (SSSR count). The molecule has 0 bridgehead atoms. The highest BCUT2D eigenvalue weighted by atomic mass is 16.3. The molecule has 1 aromatic heterocycles. The molecule has 0 fully saturated rings. The Bertz CT molecular complexity index is 826. The van der Waals surface area contributed by atoms with Crippen LogP contribution in [0, 0.1) is 20.8 Å². The molecule has 0 radical (unpaired) electrons. The van der Waals surface area contributed by atoms with Crippen molar-refractivity contribution in [1.82, 2.24) is 0 Å². The normalized spacial score (nSPS) is 11.3. The van der Waals surface area contributed by atoms with E-state index >= 15 is 0 Å². The Labute approximate surface area is 105 Å². The molecule has 2 nitrogen and oxygen atoms in total. The van der Waals surface area contributed by atoms with Crippen molar-refractivity contribution in [3.05, 3.63) is 57.2 Å². The molecule has 2 heteroatoms. The van der Waals surface area contributed by atoms with E-state index in [9.17, 15) is 4.79 Å². The average molecular weight is 238 g/mol. The lowest BCUT2D eigenvalue weighted by Gasteiger charge is -2.06. The lowest BCUT2D eigenvalue weighted by molar-refractivity contribution is 0.656. The summed E-state index contributed by atoms with van der Waals surface area (Å²) in [5, 5.41) is 1.32. The van der Waals surface area contributed by atoms with Crippen molar-refractivity contribution in [2.24, 2.45) is 0 Å². The van der Waals surface area contributed by atoms with E-state index in [0.717, 1.165) is 16.7 Å². The fraction of sp³-hybridized carbons (Fsp3) is 0.188. The SMILES string of the molecule is Cc1ccc2oc3c(C)c(C)ccc3c(=O)c2c1. The second-order valence-corrected chi connectivity index (χ2v) is 4.81. The van der Waals surface area contributed by atoms with Crippen molar-refractivity contribution in [3.63, 3.8) is 0 Å². The summed E-state index contributed by atoms with van der Waals surface area (Å²) in [7, 11) is 0. The van der Waals surface area contributed by atoms with Crippen LogP contribution in [0.1, 0.15) is 16.7 Å². The molecule has 3 aromatic rings. The highest BCUT2D eigenvalue weighted by Crippen LogP contribution is 2.23. The monoisotopic (exact) mass is 238 g/mol. The second-order valence-electron chi connectivity index (χ2n) is 4.81. The van der Waals surface area contributed by atoms with Gasteiger partial charge in [-0.2, -0.15) is 0 Å². The first-order valence-electron chi connectivity index (χ1n) is 6.01. The van der Waals surface area contributed by atoms with Gasteiger partial charge in [0.15, 0.2) is 0 Å². The Kier molecular flexibility index (Phi) is 2.27. The van der Waals surface area contributed by atoms with Gasteiger partial charge < -0.3 is 4.42 Å². The minimum atomic E-state index is 0.0538. The van der Waals surface area contributed by atoms with E-state index in [0.29, 0.717) is 21.9 Å². The van der Waals surface area contributed by atoms with Crippen molar-refractivity contribution in [1.29, 1.82) is 0 Å². The number of hydrogen-bond acceptors (Lipinski definition) is 2. The smallest absolute Gasteiger partial charge is 0.200 e. The number of hydrogen-bond donors (Lipinski definition) is 0. The van der Waals surface area contributed by atoms with Gasteiger partial charge in [0.05, 0.1) is 10.8 Å². The Morgan fingerprint density at radius 2 is 1.72 bits per heavy atom. The van der Waals surface area contributed by atoms with Crippen LogP contribution in [-0.4, -0.2) is 0 Å². The highest BCUT2D eigenvalue weighted by Gasteiger charge is 2.10. The number of benzene rings is 2. The van der Waals surface area contributed by atoms with Crippen LogP contribution in [-0.2, 0) is 0 Å². The predicted octanol–water partition coefficient (Wildman–Crippen LogP) is 3.87. The highest BCUT2D eigenvalue weighted by molar-refractivity contribution is 5.91. The van der Waals surface area contributed by atoms with Crippen LogP contribution >= 0.6 is 0 Å². The molecular weight excluding hydrogens is 224 g/mol. The maximum absolute atomic E-state index is 12.4. The lowest BCUT2D eigenvalue weighted by Crippen LogP contribution is -2.03. The maximum atomic E-state index is 12.4. The van der Waals surface area contributed by atoms with Gasteiger partial charge in [0, 0.05) is 0 Å². The van der Waals surface area contributed by atoms with Gasteiger partial charge in [-0.15, -0.1) is 0 Å². The molecule has 0 aliphatic rings. The quantitative estimate of drug-likeness (QED) is 0.556. The summed E-state index contributed by atoms with van der Waals surface area (Å²) in [5.41, 5.74) is 4.66. The largest absolute Gasteiger partial charge is 0.456 e.